The molecule has 2 aromatic heterocycles. The van der Waals surface area contributed by atoms with Crippen molar-refractivity contribution in [2.75, 3.05) is 9.80 Å². The summed E-state index contributed by atoms with van der Waals surface area (Å²) in [5, 5.41) is 0.127. The first kappa shape index (κ1) is 26.4. The van der Waals surface area contributed by atoms with Crippen LogP contribution < -0.4 is 15.2 Å². The van der Waals surface area contributed by atoms with Crippen molar-refractivity contribution >= 4 is 55.2 Å². The van der Waals surface area contributed by atoms with Gasteiger partial charge < -0.3 is 9.32 Å². The standard InChI is InChI=1S/C34H21F2N3O4S/c1-17-13-18(2)28-26(14-17)44-33(37-28)39-31(41)30-27(29(40)22-15-21(36)11-12-25(22)43-30)34(39)23-5-3-4-6-24(23)38(32(34)42)16-19-7-9-20(35)10-8-19/h3-15H,16H2,1-2H3. The molecule has 0 bridgehead atoms. The molecule has 6 aromatic rings. The second-order valence-corrected chi connectivity index (χ2v) is 12.1. The Hall–Kier alpha value is -5.22. The van der Waals surface area contributed by atoms with Crippen LogP contribution in [0.1, 0.15) is 38.4 Å². The molecule has 2 amide bonds. The number of rotatable bonds is 3. The molecule has 216 valence electrons. The van der Waals surface area contributed by atoms with Gasteiger partial charge in [0, 0.05) is 5.56 Å². The summed E-state index contributed by atoms with van der Waals surface area (Å²) in [5.41, 5.74) is 1.24. The minimum atomic E-state index is -1.99. The van der Waals surface area contributed by atoms with Crippen LogP contribution in [0, 0.1) is 25.5 Å². The number of carbonyl (C=O) groups excluding carboxylic acids is 2. The third kappa shape index (κ3) is 3.45. The third-order valence-electron chi connectivity index (χ3n) is 8.35. The molecule has 0 saturated carbocycles. The van der Waals surface area contributed by atoms with Crippen molar-refractivity contribution in [2.24, 2.45) is 0 Å². The zero-order valence-electron chi connectivity index (χ0n) is 23.4. The van der Waals surface area contributed by atoms with E-state index in [2.05, 4.69) is 0 Å². The monoisotopic (exact) mass is 605 g/mol. The normalized spacial score (nSPS) is 17.4. The van der Waals surface area contributed by atoms with Crippen LogP contribution in [0.15, 0.2) is 88.1 Å². The lowest BCUT2D eigenvalue weighted by molar-refractivity contribution is -0.121. The third-order valence-corrected chi connectivity index (χ3v) is 9.34. The van der Waals surface area contributed by atoms with E-state index in [4.69, 9.17) is 9.40 Å². The summed E-state index contributed by atoms with van der Waals surface area (Å²) in [6.07, 6.45) is 0. The Balaban J connectivity index is 1.45. The number of aromatic nitrogens is 1. The summed E-state index contributed by atoms with van der Waals surface area (Å²) < 4.78 is 35.0. The van der Waals surface area contributed by atoms with Crippen LogP contribution >= 0.6 is 11.3 Å². The van der Waals surface area contributed by atoms with Gasteiger partial charge in [-0.05, 0) is 73.0 Å². The number of hydrogen-bond donors (Lipinski definition) is 0. The highest BCUT2D eigenvalue weighted by Crippen LogP contribution is 2.55. The molecule has 0 N–H and O–H groups in total. The maximum absolute atomic E-state index is 15.0. The number of hydrogen-bond acceptors (Lipinski definition) is 6. The molecule has 0 fully saturated rings. The first-order valence-corrected chi connectivity index (χ1v) is 14.6. The highest BCUT2D eigenvalue weighted by Gasteiger charge is 2.66. The van der Waals surface area contributed by atoms with Crippen LogP contribution in [0.5, 0.6) is 0 Å². The zero-order valence-corrected chi connectivity index (χ0v) is 24.2. The Morgan fingerprint density at radius 1 is 0.909 bits per heavy atom. The van der Waals surface area contributed by atoms with Crippen molar-refractivity contribution in [3.63, 3.8) is 0 Å². The molecule has 7 nitrogen and oxygen atoms in total. The molecular weight excluding hydrogens is 584 g/mol. The molecule has 44 heavy (non-hydrogen) atoms. The molecule has 1 unspecified atom stereocenters. The number of fused-ring (bicyclic) bond motifs is 6. The number of para-hydroxylation sites is 1. The number of nitrogens with zero attached hydrogens (tertiary/aromatic N) is 3. The van der Waals surface area contributed by atoms with Gasteiger partial charge in [0.25, 0.3) is 11.8 Å². The van der Waals surface area contributed by atoms with Gasteiger partial charge in [-0.2, -0.15) is 0 Å². The van der Waals surface area contributed by atoms with E-state index in [1.165, 1.54) is 39.3 Å². The van der Waals surface area contributed by atoms with Crippen LogP contribution in [-0.4, -0.2) is 16.8 Å². The quantitative estimate of drug-likeness (QED) is 0.223. The fraction of sp³-hybridized carbons (Fsp3) is 0.118. The van der Waals surface area contributed by atoms with E-state index in [1.807, 2.05) is 26.0 Å². The largest absolute Gasteiger partial charge is 0.450 e. The minimum Gasteiger partial charge on any atom is -0.450 e. The van der Waals surface area contributed by atoms with Gasteiger partial charge in [-0.25, -0.2) is 13.8 Å². The first-order valence-electron chi connectivity index (χ1n) is 13.8. The highest BCUT2D eigenvalue weighted by atomic mass is 32.1. The van der Waals surface area contributed by atoms with Gasteiger partial charge >= 0.3 is 0 Å². The predicted molar refractivity (Wildman–Crippen MR) is 163 cm³/mol. The molecule has 8 rings (SSSR count). The number of anilines is 2. The fourth-order valence-electron chi connectivity index (χ4n) is 6.52. The maximum atomic E-state index is 15.0. The molecule has 1 spiro atoms. The van der Waals surface area contributed by atoms with Gasteiger partial charge in [0.2, 0.25) is 5.76 Å². The number of benzene rings is 4. The minimum absolute atomic E-state index is 0.0261. The van der Waals surface area contributed by atoms with Crippen molar-refractivity contribution in [1.29, 1.82) is 0 Å². The summed E-state index contributed by atoms with van der Waals surface area (Å²) >= 11 is 1.23. The van der Waals surface area contributed by atoms with Crippen molar-refractivity contribution in [3.05, 3.63) is 134 Å². The van der Waals surface area contributed by atoms with Gasteiger partial charge in [-0.15, -0.1) is 0 Å². The zero-order chi connectivity index (χ0) is 30.5. The van der Waals surface area contributed by atoms with E-state index in [9.17, 15) is 18.4 Å². The topological polar surface area (TPSA) is 83.7 Å². The first-order chi connectivity index (χ1) is 21.2. The molecule has 4 aromatic carbocycles. The molecule has 10 heteroatoms. The van der Waals surface area contributed by atoms with Gasteiger partial charge in [-0.3, -0.25) is 19.3 Å². The average Bonchev–Trinajstić information content (AvgIpc) is 3.61. The van der Waals surface area contributed by atoms with Gasteiger partial charge in [0.15, 0.2) is 16.1 Å². The van der Waals surface area contributed by atoms with Crippen LogP contribution in [0.25, 0.3) is 21.2 Å². The lowest BCUT2D eigenvalue weighted by Crippen LogP contribution is -2.53. The van der Waals surface area contributed by atoms with Crippen LogP contribution in [0.3, 0.4) is 0 Å². The predicted octanol–water partition coefficient (Wildman–Crippen LogP) is 6.75. The number of amides is 2. The summed E-state index contributed by atoms with van der Waals surface area (Å²) in [6, 6.07) is 20.1. The van der Waals surface area contributed by atoms with Crippen LogP contribution in [0.4, 0.5) is 19.6 Å². The smallest absolute Gasteiger partial charge is 0.297 e. The Kier molecular flexibility index (Phi) is 5.49. The fourth-order valence-corrected chi connectivity index (χ4v) is 7.71. The number of halogens is 2. The van der Waals surface area contributed by atoms with Crippen LogP contribution in [0.2, 0.25) is 0 Å². The van der Waals surface area contributed by atoms with E-state index < -0.39 is 34.4 Å². The molecule has 1 atom stereocenters. The Morgan fingerprint density at radius 3 is 2.45 bits per heavy atom. The summed E-state index contributed by atoms with van der Waals surface area (Å²) in [4.78, 5) is 51.4. The van der Waals surface area contributed by atoms with Crippen LogP contribution in [-0.2, 0) is 16.9 Å². The highest BCUT2D eigenvalue weighted by molar-refractivity contribution is 7.22. The van der Waals surface area contributed by atoms with E-state index in [0.29, 0.717) is 22.3 Å². The van der Waals surface area contributed by atoms with Crippen molar-refractivity contribution in [3.8, 4) is 0 Å². The molecule has 2 aliphatic heterocycles. The van der Waals surface area contributed by atoms with Crippen molar-refractivity contribution in [1.82, 2.24) is 4.98 Å². The average molecular weight is 606 g/mol. The second kappa shape index (κ2) is 9.14. The summed E-state index contributed by atoms with van der Waals surface area (Å²) in [7, 11) is 0. The molecular formula is C34H21F2N3O4S. The second-order valence-electron chi connectivity index (χ2n) is 11.1. The van der Waals surface area contributed by atoms with E-state index in [-0.39, 0.29) is 34.0 Å². The number of thiazole rings is 1. The molecule has 2 aliphatic rings. The lowest BCUT2D eigenvalue weighted by atomic mass is 9.84. The van der Waals surface area contributed by atoms with Gasteiger partial charge in [-0.1, -0.05) is 47.7 Å². The Bertz CT molecular complexity index is 2300. The summed E-state index contributed by atoms with van der Waals surface area (Å²) in [6.45, 7) is 3.92. The Morgan fingerprint density at radius 2 is 1.66 bits per heavy atom. The SMILES string of the molecule is Cc1cc(C)c2nc(N3C(=O)c4oc5ccc(F)cc5c(=O)c4C34C(=O)N(Cc3ccc(F)cc3)c3ccccc34)sc2c1. The van der Waals surface area contributed by atoms with E-state index in [0.717, 1.165) is 28.0 Å². The van der Waals surface area contributed by atoms with E-state index >= 15 is 4.79 Å². The van der Waals surface area contributed by atoms with Gasteiger partial charge in [0.1, 0.15) is 17.2 Å². The lowest BCUT2D eigenvalue weighted by Gasteiger charge is -2.32. The number of carbonyl (C=O) groups is 2. The Labute approximate surface area is 252 Å². The van der Waals surface area contributed by atoms with Crippen molar-refractivity contribution in [2.45, 2.75) is 25.9 Å². The molecule has 0 saturated heterocycles. The number of aryl methyl sites for hydroxylation is 2. The maximum Gasteiger partial charge on any atom is 0.297 e. The summed E-state index contributed by atoms with van der Waals surface area (Å²) in [5.74, 6) is -2.66. The molecule has 0 aliphatic carbocycles. The van der Waals surface area contributed by atoms with Gasteiger partial charge in [0.05, 0.1) is 33.4 Å². The van der Waals surface area contributed by atoms with E-state index in [1.54, 1.807) is 36.4 Å². The van der Waals surface area contributed by atoms with Crippen molar-refractivity contribution < 1.29 is 22.8 Å². The molecule has 0 radical (unpaired) electrons. The molecule has 4 heterocycles.